The van der Waals surface area contributed by atoms with Crippen LogP contribution in [0.3, 0.4) is 0 Å². The summed E-state index contributed by atoms with van der Waals surface area (Å²) in [5, 5.41) is 16.9. The number of thioether (sulfide) groups is 1. The lowest BCUT2D eigenvalue weighted by atomic mass is 9.97. The molecule has 0 aliphatic carbocycles. The molecule has 1 saturated heterocycles. The van der Waals surface area contributed by atoms with Gasteiger partial charge >= 0.3 is 6.09 Å². The minimum atomic E-state index is -1.59. The van der Waals surface area contributed by atoms with Crippen LogP contribution < -0.4 is 10.6 Å². The van der Waals surface area contributed by atoms with Crippen LogP contribution in [0.15, 0.2) is 54.6 Å². The number of nitrogens with zero attached hydrogens (tertiary/aromatic N) is 1. The molecule has 0 bridgehead atoms. The van der Waals surface area contributed by atoms with Crippen LogP contribution in [0.1, 0.15) is 50.3 Å². The van der Waals surface area contributed by atoms with E-state index in [2.05, 4.69) is 22.5 Å². The van der Waals surface area contributed by atoms with E-state index in [4.69, 9.17) is 4.74 Å². The lowest BCUT2D eigenvalue weighted by Gasteiger charge is -2.33. The van der Waals surface area contributed by atoms with Crippen LogP contribution in [0.5, 0.6) is 0 Å². The summed E-state index contributed by atoms with van der Waals surface area (Å²) in [5.74, 6) is 5.14. The molecule has 1 fully saturated rings. The first-order valence-electron chi connectivity index (χ1n) is 13.5. The summed E-state index contributed by atoms with van der Waals surface area (Å²) in [6.45, 7) is 8.17. The minimum absolute atomic E-state index is 0.0982. The first-order chi connectivity index (χ1) is 19.1. The lowest BCUT2D eigenvalue weighted by molar-refractivity contribution is -0.147. The van der Waals surface area contributed by atoms with Gasteiger partial charge < -0.3 is 25.4 Å². The third-order valence-electron chi connectivity index (χ3n) is 6.79. The number of amides is 3. The third-order valence-corrected chi connectivity index (χ3v) is 8.16. The minimum Gasteiger partial charge on any atom is -0.449 e. The average molecular weight is 566 g/mol. The number of rotatable bonds is 10. The van der Waals surface area contributed by atoms with E-state index in [0.29, 0.717) is 13.0 Å². The van der Waals surface area contributed by atoms with Crippen LogP contribution in [-0.2, 0) is 27.3 Å². The second-order valence-electron chi connectivity index (χ2n) is 10.2. The van der Waals surface area contributed by atoms with Gasteiger partial charge in [0.1, 0.15) is 12.6 Å². The maximum atomic E-state index is 13.7. The number of alkyl carbamates (subject to hydrolysis) is 1. The Morgan fingerprint density at radius 1 is 1.12 bits per heavy atom. The molecule has 40 heavy (non-hydrogen) atoms. The number of hydrogen-bond acceptors (Lipinski definition) is 6. The molecule has 3 rings (SSSR count). The summed E-state index contributed by atoms with van der Waals surface area (Å²) in [6.07, 6.45) is -1.02. The van der Waals surface area contributed by atoms with Crippen molar-refractivity contribution >= 4 is 29.7 Å². The molecule has 1 aliphatic heterocycles. The summed E-state index contributed by atoms with van der Waals surface area (Å²) >= 11 is 1.47. The van der Waals surface area contributed by atoms with Crippen molar-refractivity contribution in [3.8, 4) is 11.8 Å². The molecule has 0 saturated carbocycles. The number of nitrogens with one attached hydrogen (secondary N) is 2. The van der Waals surface area contributed by atoms with Crippen molar-refractivity contribution in [1.82, 2.24) is 15.5 Å². The highest BCUT2D eigenvalue weighted by Crippen LogP contribution is 2.40. The zero-order valence-corrected chi connectivity index (χ0v) is 24.4. The fraction of sp³-hybridized carbons (Fsp3) is 0.452. The Morgan fingerprint density at radius 3 is 2.52 bits per heavy atom. The van der Waals surface area contributed by atoms with E-state index in [-0.39, 0.29) is 24.8 Å². The van der Waals surface area contributed by atoms with Crippen LogP contribution in [0, 0.1) is 18.8 Å². The topological polar surface area (TPSA) is 108 Å². The maximum absolute atomic E-state index is 13.7. The highest BCUT2D eigenvalue weighted by Gasteiger charge is 2.49. The summed E-state index contributed by atoms with van der Waals surface area (Å²) in [7, 11) is 0. The number of carbonyl (C=O) groups excluding carboxylic acids is 3. The van der Waals surface area contributed by atoms with E-state index in [1.807, 2.05) is 82.3 Å². The van der Waals surface area contributed by atoms with Crippen molar-refractivity contribution in [2.45, 2.75) is 76.4 Å². The van der Waals surface area contributed by atoms with Gasteiger partial charge in [0, 0.05) is 24.1 Å². The Balaban J connectivity index is 1.74. The Labute approximate surface area is 241 Å². The second-order valence-corrected chi connectivity index (χ2v) is 11.8. The standard InChI is InChI=1S/C31H39N3O5S/c1-5-6-7-13-18-39-30(38)33-25(19-23-15-9-8-10-16-23)26(35)29(37)34-21-40-31(3,4)27(34)28(36)32-20-24-17-12-11-14-22(24)2/h8-12,14-17,25-27,35H,5,13,18-21H2,1-4H3,(H,32,36)(H,33,38). The molecule has 0 radical (unpaired) electrons. The number of benzene rings is 2. The molecule has 9 heteroatoms. The molecule has 0 spiro atoms. The molecule has 1 aliphatic rings. The van der Waals surface area contributed by atoms with E-state index < -0.39 is 34.9 Å². The van der Waals surface area contributed by atoms with Gasteiger partial charge in [0.2, 0.25) is 5.91 Å². The van der Waals surface area contributed by atoms with Crippen molar-refractivity contribution in [2.24, 2.45) is 0 Å². The summed E-state index contributed by atoms with van der Waals surface area (Å²) in [5.41, 5.74) is 2.88. The molecule has 2 aromatic rings. The first-order valence-corrected chi connectivity index (χ1v) is 14.5. The molecule has 3 amide bonds. The van der Waals surface area contributed by atoms with Crippen molar-refractivity contribution in [3.63, 3.8) is 0 Å². The van der Waals surface area contributed by atoms with Crippen molar-refractivity contribution in [1.29, 1.82) is 0 Å². The molecule has 0 aromatic heterocycles. The quantitative estimate of drug-likeness (QED) is 0.299. The van der Waals surface area contributed by atoms with Crippen molar-refractivity contribution < 1.29 is 24.2 Å². The van der Waals surface area contributed by atoms with Gasteiger partial charge in [0.15, 0.2) is 6.10 Å². The SMILES string of the molecule is CCC#CCCOC(=O)NC(Cc1ccccc1)C(O)C(=O)N1CSC(C)(C)C1C(=O)NCc1ccccc1C. The van der Waals surface area contributed by atoms with E-state index in [0.717, 1.165) is 23.1 Å². The molecule has 214 valence electrons. The maximum Gasteiger partial charge on any atom is 0.407 e. The first kappa shape index (κ1) is 31.1. The molecular weight excluding hydrogens is 526 g/mol. The molecule has 3 unspecified atom stereocenters. The number of carbonyl (C=O) groups is 3. The second kappa shape index (κ2) is 14.8. The van der Waals surface area contributed by atoms with Crippen molar-refractivity contribution in [3.05, 3.63) is 71.3 Å². The van der Waals surface area contributed by atoms with Gasteiger partial charge in [-0.25, -0.2) is 4.79 Å². The monoisotopic (exact) mass is 565 g/mol. The van der Waals surface area contributed by atoms with E-state index >= 15 is 0 Å². The number of ether oxygens (including phenoxy) is 1. The predicted molar refractivity (Wildman–Crippen MR) is 157 cm³/mol. The van der Waals surface area contributed by atoms with Gasteiger partial charge in [-0.1, -0.05) is 67.4 Å². The summed E-state index contributed by atoms with van der Waals surface area (Å²) in [4.78, 5) is 41.1. The molecular formula is C31H39N3O5S. The fourth-order valence-electron chi connectivity index (χ4n) is 4.55. The Bertz CT molecular complexity index is 1220. The summed E-state index contributed by atoms with van der Waals surface area (Å²) < 4.78 is 4.65. The van der Waals surface area contributed by atoms with Gasteiger partial charge in [-0.05, 0) is 43.9 Å². The fourth-order valence-corrected chi connectivity index (χ4v) is 5.69. The van der Waals surface area contributed by atoms with E-state index in [1.54, 1.807) is 0 Å². The third kappa shape index (κ3) is 8.51. The Kier molecular flexibility index (Phi) is 11.5. The Morgan fingerprint density at radius 2 is 1.82 bits per heavy atom. The van der Waals surface area contributed by atoms with Crippen LogP contribution >= 0.6 is 11.8 Å². The Hall–Kier alpha value is -3.48. The highest BCUT2D eigenvalue weighted by atomic mass is 32.2. The zero-order valence-electron chi connectivity index (χ0n) is 23.6. The lowest BCUT2D eigenvalue weighted by Crippen LogP contribution is -2.58. The number of aliphatic hydroxyl groups excluding tert-OH is 1. The highest BCUT2D eigenvalue weighted by molar-refractivity contribution is 8.00. The molecule has 2 aromatic carbocycles. The number of hydrogen-bond donors (Lipinski definition) is 3. The smallest absolute Gasteiger partial charge is 0.407 e. The predicted octanol–water partition coefficient (Wildman–Crippen LogP) is 3.79. The largest absolute Gasteiger partial charge is 0.449 e. The number of aliphatic hydroxyl groups is 1. The van der Waals surface area contributed by atoms with E-state index in [1.165, 1.54) is 16.7 Å². The molecule has 8 nitrogen and oxygen atoms in total. The van der Waals surface area contributed by atoms with Crippen LogP contribution in [-0.4, -0.2) is 63.3 Å². The van der Waals surface area contributed by atoms with Gasteiger partial charge in [-0.15, -0.1) is 17.7 Å². The summed E-state index contributed by atoms with van der Waals surface area (Å²) in [6, 6.07) is 15.3. The molecule has 1 heterocycles. The molecule has 3 atom stereocenters. The van der Waals surface area contributed by atoms with Gasteiger partial charge in [0.25, 0.3) is 5.91 Å². The van der Waals surface area contributed by atoms with Gasteiger partial charge in [0.05, 0.1) is 11.9 Å². The zero-order chi connectivity index (χ0) is 29.1. The van der Waals surface area contributed by atoms with Gasteiger partial charge in [-0.3, -0.25) is 9.59 Å². The van der Waals surface area contributed by atoms with Crippen LogP contribution in [0.4, 0.5) is 4.79 Å². The normalized spacial score (nSPS) is 17.2. The van der Waals surface area contributed by atoms with E-state index in [9.17, 15) is 19.5 Å². The van der Waals surface area contributed by atoms with Crippen LogP contribution in [0.25, 0.3) is 0 Å². The van der Waals surface area contributed by atoms with Crippen molar-refractivity contribution in [2.75, 3.05) is 12.5 Å². The van der Waals surface area contributed by atoms with Gasteiger partial charge in [-0.2, -0.15) is 0 Å². The number of aryl methyl sites for hydroxylation is 1. The van der Waals surface area contributed by atoms with Crippen LogP contribution in [0.2, 0.25) is 0 Å². The average Bonchev–Trinajstić information content (AvgIpc) is 3.26. The molecule has 3 N–H and O–H groups in total.